The minimum absolute atomic E-state index is 0.0123. The van der Waals surface area contributed by atoms with Gasteiger partial charge in [0.25, 0.3) is 0 Å². The first-order valence-electron chi connectivity index (χ1n) is 8.18. The molecule has 0 fully saturated rings. The molecule has 134 valence electrons. The molecule has 0 atom stereocenters. The first-order chi connectivity index (χ1) is 11.9. The van der Waals surface area contributed by atoms with E-state index in [1.54, 1.807) is 19.0 Å². The molecule has 2 rings (SSSR count). The first-order valence-corrected chi connectivity index (χ1v) is 8.18. The van der Waals surface area contributed by atoms with Crippen molar-refractivity contribution in [2.45, 2.75) is 26.7 Å². The zero-order chi connectivity index (χ0) is 18.6. The highest BCUT2D eigenvalue weighted by Crippen LogP contribution is 2.31. The van der Waals surface area contributed by atoms with Gasteiger partial charge in [-0.05, 0) is 24.5 Å². The number of hydrogen-bond donors (Lipinski definition) is 1. The Hall–Kier alpha value is -2.90. The zero-order valence-electron chi connectivity index (χ0n) is 14.9. The lowest BCUT2D eigenvalue weighted by atomic mass is 10.1. The second-order valence-electron chi connectivity index (χ2n) is 5.77. The van der Waals surface area contributed by atoms with E-state index in [0.717, 1.165) is 17.7 Å². The number of carbonyl (C=O) groups is 1. The Morgan fingerprint density at radius 1 is 1.32 bits per heavy atom. The molecule has 0 radical (unpaired) electrons. The second kappa shape index (κ2) is 7.78. The highest BCUT2D eigenvalue weighted by Gasteiger charge is 2.28. The standard InChI is InChI=1S/C17H23N5O3/c1-5-12-9-7-8-10-14(12)18-15(23)11-20(3)17-16(22(24)25)13(6-2)19-21(17)4/h7-10H,5-6,11H2,1-4H3,(H,18,23). The van der Waals surface area contributed by atoms with Gasteiger partial charge in [0.15, 0.2) is 0 Å². The van der Waals surface area contributed by atoms with Gasteiger partial charge < -0.3 is 10.2 Å². The van der Waals surface area contributed by atoms with E-state index >= 15 is 0 Å². The molecule has 0 aliphatic heterocycles. The van der Waals surface area contributed by atoms with E-state index in [2.05, 4.69) is 10.4 Å². The molecule has 1 N–H and O–H groups in total. The number of aryl methyl sites for hydroxylation is 3. The summed E-state index contributed by atoms with van der Waals surface area (Å²) in [5.41, 5.74) is 2.16. The molecule has 2 aromatic rings. The first kappa shape index (κ1) is 18.4. The lowest BCUT2D eigenvalue weighted by molar-refractivity contribution is -0.384. The number of likely N-dealkylation sites (N-methyl/N-ethyl adjacent to an activating group) is 1. The van der Waals surface area contributed by atoms with Crippen molar-refractivity contribution in [3.63, 3.8) is 0 Å². The van der Waals surface area contributed by atoms with E-state index in [9.17, 15) is 14.9 Å². The number of nitro groups is 1. The van der Waals surface area contributed by atoms with E-state index in [4.69, 9.17) is 0 Å². The minimum Gasteiger partial charge on any atom is -0.345 e. The third-order valence-corrected chi connectivity index (χ3v) is 3.99. The number of hydrogen-bond acceptors (Lipinski definition) is 5. The number of nitrogens with zero attached hydrogens (tertiary/aromatic N) is 4. The predicted octanol–water partition coefficient (Wildman–Crippen LogP) is 2.53. The zero-order valence-corrected chi connectivity index (χ0v) is 14.9. The summed E-state index contributed by atoms with van der Waals surface area (Å²) in [4.78, 5) is 24.9. The number of carbonyl (C=O) groups excluding carboxylic acids is 1. The van der Waals surface area contributed by atoms with Gasteiger partial charge in [-0.3, -0.25) is 14.9 Å². The summed E-state index contributed by atoms with van der Waals surface area (Å²) in [5, 5.41) is 18.5. The Morgan fingerprint density at radius 3 is 2.60 bits per heavy atom. The summed E-state index contributed by atoms with van der Waals surface area (Å²) in [5.74, 6) is 0.0812. The van der Waals surface area contributed by atoms with Crippen LogP contribution in [0.3, 0.4) is 0 Å². The molecule has 0 saturated heterocycles. The van der Waals surface area contributed by atoms with Gasteiger partial charge in [-0.25, -0.2) is 4.68 Å². The maximum atomic E-state index is 12.4. The highest BCUT2D eigenvalue weighted by atomic mass is 16.6. The smallest absolute Gasteiger partial charge is 0.334 e. The summed E-state index contributed by atoms with van der Waals surface area (Å²) >= 11 is 0. The average Bonchev–Trinajstić information content (AvgIpc) is 2.92. The van der Waals surface area contributed by atoms with Crippen LogP contribution in [0.4, 0.5) is 17.2 Å². The van der Waals surface area contributed by atoms with Crippen molar-refractivity contribution < 1.29 is 9.72 Å². The number of aromatic nitrogens is 2. The van der Waals surface area contributed by atoms with Crippen LogP contribution in [0.5, 0.6) is 0 Å². The minimum atomic E-state index is -0.443. The maximum Gasteiger partial charge on any atom is 0.334 e. The van der Waals surface area contributed by atoms with Gasteiger partial charge in [-0.15, -0.1) is 0 Å². The van der Waals surface area contributed by atoms with Crippen LogP contribution >= 0.6 is 0 Å². The molecule has 0 spiro atoms. The molecule has 1 amide bonds. The molecule has 8 nitrogen and oxygen atoms in total. The lowest BCUT2D eigenvalue weighted by Crippen LogP contribution is -2.32. The van der Waals surface area contributed by atoms with Crippen LogP contribution in [0, 0.1) is 10.1 Å². The molecular formula is C17H23N5O3. The molecule has 0 aliphatic carbocycles. The number of rotatable bonds is 7. The fraction of sp³-hybridized carbons (Fsp3) is 0.412. The Bertz CT molecular complexity index is 785. The van der Waals surface area contributed by atoms with Crippen LogP contribution < -0.4 is 10.2 Å². The molecule has 0 bridgehead atoms. The van der Waals surface area contributed by atoms with Crippen molar-refractivity contribution in [2.75, 3.05) is 23.8 Å². The second-order valence-corrected chi connectivity index (χ2v) is 5.77. The van der Waals surface area contributed by atoms with Crippen molar-refractivity contribution in [3.8, 4) is 0 Å². The van der Waals surface area contributed by atoms with Crippen molar-refractivity contribution in [2.24, 2.45) is 7.05 Å². The number of para-hydroxylation sites is 1. The molecule has 1 aromatic heterocycles. The SMILES string of the molecule is CCc1ccccc1NC(=O)CN(C)c1c([N+](=O)[O-])c(CC)nn1C. The molecule has 0 aliphatic rings. The summed E-state index contributed by atoms with van der Waals surface area (Å²) in [6.45, 7) is 3.82. The summed E-state index contributed by atoms with van der Waals surface area (Å²) in [7, 11) is 3.29. The molecule has 1 aromatic carbocycles. The molecular weight excluding hydrogens is 322 g/mol. The Kier molecular flexibility index (Phi) is 5.74. The van der Waals surface area contributed by atoms with Crippen molar-refractivity contribution in [1.82, 2.24) is 9.78 Å². The topological polar surface area (TPSA) is 93.3 Å². The third kappa shape index (κ3) is 3.96. The van der Waals surface area contributed by atoms with Gasteiger partial charge in [-0.2, -0.15) is 5.10 Å². The van der Waals surface area contributed by atoms with Crippen LogP contribution in [-0.2, 0) is 24.7 Å². The largest absolute Gasteiger partial charge is 0.345 e. The Morgan fingerprint density at radius 2 is 2.00 bits per heavy atom. The fourth-order valence-electron chi connectivity index (χ4n) is 2.84. The Labute approximate surface area is 146 Å². The molecule has 25 heavy (non-hydrogen) atoms. The van der Waals surface area contributed by atoms with Gasteiger partial charge >= 0.3 is 5.69 Å². The molecule has 1 heterocycles. The predicted molar refractivity (Wildman–Crippen MR) is 97.0 cm³/mol. The normalized spacial score (nSPS) is 10.6. The average molecular weight is 345 g/mol. The van der Waals surface area contributed by atoms with Crippen LogP contribution in [0.15, 0.2) is 24.3 Å². The molecule has 0 unspecified atom stereocenters. The number of benzene rings is 1. The summed E-state index contributed by atoms with van der Waals surface area (Å²) < 4.78 is 1.45. The quantitative estimate of drug-likeness (QED) is 0.615. The van der Waals surface area contributed by atoms with E-state index in [0.29, 0.717) is 17.9 Å². The summed E-state index contributed by atoms with van der Waals surface area (Å²) in [6.07, 6.45) is 1.26. The van der Waals surface area contributed by atoms with Crippen LogP contribution in [0.25, 0.3) is 0 Å². The lowest BCUT2D eigenvalue weighted by Gasteiger charge is -2.18. The summed E-state index contributed by atoms with van der Waals surface area (Å²) in [6, 6.07) is 7.58. The molecule has 0 saturated carbocycles. The van der Waals surface area contributed by atoms with Gasteiger partial charge in [0.1, 0.15) is 5.69 Å². The fourth-order valence-corrected chi connectivity index (χ4v) is 2.84. The van der Waals surface area contributed by atoms with Gasteiger partial charge in [-0.1, -0.05) is 32.0 Å². The van der Waals surface area contributed by atoms with E-state index in [-0.39, 0.29) is 18.1 Å². The number of amides is 1. The van der Waals surface area contributed by atoms with Crippen molar-refractivity contribution in [1.29, 1.82) is 0 Å². The monoisotopic (exact) mass is 345 g/mol. The van der Waals surface area contributed by atoms with Gasteiger partial charge in [0.2, 0.25) is 11.7 Å². The molecule has 8 heteroatoms. The number of nitrogens with one attached hydrogen (secondary N) is 1. The number of anilines is 2. The van der Waals surface area contributed by atoms with E-state index in [1.807, 2.05) is 38.1 Å². The van der Waals surface area contributed by atoms with E-state index in [1.165, 1.54) is 4.68 Å². The maximum absolute atomic E-state index is 12.4. The highest BCUT2D eigenvalue weighted by molar-refractivity contribution is 5.94. The van der Waals surface area contributed by atoms with Crippen LogP contribution in [0.1, 0.15) is 25.1 Å². The van der Waals surface area contributed by atoms with Crippen LogP contribution in [0.2, 0.25) is 0 Å². The van der Waals surface area contributed by atoms with E-state index < -0.39 is 4.92 Å². The van der Waals surface area contributed by atoms with Crippen LogP contribution in [-0.4, -0.2) is 34.2 Å². The van der Waals surface area contributed by atoms with Gasteiger partial charge in [0, 0.05) is 19.8 Å². The van der Waals surface area contributed by atoms with Crippen molar-refractivity contribution in [3.05, 3.63) is 45.6 Å². The van der Waals surface area contributed by atoms with Crippen molar-refractivity contribution >= 4 is 23.1 Å². The van der Waals surface area contributed by atoms with Gasteiger partial charge in [0.05, 0.1) is 11.5 Å². The third-order valence-electron chi connectivity index (χ3n) is 3.99. The Balaban J connectivity index is 2.19.